The molecule has 0 radical (unpaired) electrons. The van der Waals surface area contributed by atoms with Crippen LogP contribution in [0.5, 0.6) is 0 Å². The molecule has 15 heavy (non-hydrogen) atoms. The predicted octanol–water partition coefficient (Wildman–Crippen LogP) is 1.08. The number of carbonyl (C=O) groups excluding carboxylic acids is 1. The number of ether oxygens (including phenoxy) is 2. The Kier molecular flexibility index (Phi) is 5.05. The van der Waals surface area contributed by atoms with E-state index in [2.05, 4.69) is 6.92 Å². The van der Waals surface area contributed by atoms with Crippen LogP contribution in [0.1, 0.15) is 32.6 Å². The highest BCUT2D eigenvalue weighted by atomic mass is 16.5. The SMILES string of the molecule is COCC(N)C(=O)OC1CCCC(C)C1. The maximum Gasteiger partial charge on any atom is 0.325 e. The Balaban J connectivity index is 2.30. The second-order valence-electron chi connectivity index (χ2n) is 4.39. The summed E-state index contributed by atoms with van der Waals surface area (Å²) in [4.78, 5) is 11.5. The molecule has 0 heterocycles. The Labute approximate surface area is 91.1 Å². The summed E-state index contributed by atoms with van der Waals surface area (Å²) in [6, 6.07) is -0.646. The average molecular weight is 215 g/mol. The van der Waals surface area contributed by atoms with Gasteiger partial charge >= 0.3 is 5.97 Å². The van der Waals surface area contributed by atoms with Crippen molar-refractivity contribution >= 4 is 5.97 Å². The van der Waals surface area contributed by atoms with Crippen LogP contribution in [0, 0.1) is 5.92 Å². The van der Waals surface area contributed by atoms with E-state index in [-0.39, 0.29) is 18.7 Å². The maximum absolute atomic E-state index is 11.5. The van der Waals surface area contributed by atoms with Gasteiger partial charge in [0.2, 0.25) is 0 Å². The zero-order chi connectivity index (χ0) is 11.3. The largest absolute Gasteiger partial charge is 0.461 e. The van der Waals surface area contributed by atoms with E-state index in [9.17, 15) is 4.79 Å². The van der Waals surface area contributed by atoms with Crippen LogP contribution in [0.15, 0.2) is 0 Å². The lowest BCUT2D eigenvalue weighted by molar-refractivity contribution is -0.154. The van der Waals surface area contributed by atoms with Crippen molar-refractivity contribution in [2.75, 3.05) is 13.7 Å². The predicted molar refractivity (Wildman–Crippen MR) is 57.4 cm³/mol. The summed E-state index contributed by atoms with van der Waals surface area (Å²) in [7, 11) is 1.52. The summed E-state index contributed by atoms with van der Waals surface area (Å²) in [5.74, 6) is 0.311. The first-order valence-corrected chi connectivity index (χ1v) is 5.58. The number of rotatable bonds is 4. The number of hydrogen-bond donors (Lipinski definition) is 1. The fraction of sp³-hybridized carbons (Fsp3) is 0.909. The van der Waals surface area contributed by atoms with Gasteiger partial charge in [0.15, 0.2) is 0 Å². The molecule has 0 saturated heterocycles. The fourth-order valence-corrected chi connectivity index (χ4v) is 1.98. The summed E-state index contributed by atoms with van der Waals surface area (Å²) < 4.78 is 10.1. The summed E-state index contributed by atoms with van der Waals surface area (Å²) in [6.45, 7) is 2.41. The molecule has 4 nitrogen and oxygen atoms in total. The van der Waals surface area contributed by atoms with Crippen molar-refractivity contribution in [1.29, 1.82) is 0 Å². The van der Waals surface area contributed by atoms with Gasteiger partial charge in [-0.05, 0) is 25.2 Å². The molecule has 0 aromatic rings. The standard InChI is InChI=1S/C11H21NO3/c1-8-4-3-5-9(6-8)15-11(13)10(12)7-14-2/h8-10H,3-7,12H2,1-2H3. The minimum absolute atomic E-state index is 0.0594. The van der Waals surface area contributed by atoms with Crippen molar-refractivity contribution in [3.05, 3.63) is 0 Å². The van der Waals surface area contributed by atoms with E-state index in [0.29, 0.717) is 5.92 Å². The molecule has 1 rings (SSSR count). The van der Waals surface area contributed by atoms with Gasteiger partial charge in [-0.25, -0.2) is 0 Å². The third-order valence-electron chi connectivity index (χ3n) is 2.82. The van der Waals surface area contributed by atoms with Gasteiger partial charge in [-0.15, -0.1) is 0 Å². The van der Waals surface area contributed by atoms with Gasteiger partial charge in [-0.2, -0.15) is 0 Å². The van der Waals surface area contributed by atoms with Crippen LogP contribution in [0.25, 0.3) is 0 Å². The first-order chi connectivity index (χ1) is 7.13. The minimum Gasteiger partial charge on any atom is -0.461 e. The van der Waals surface area contributed by atoms with Crippen LogP contribution >= 0.6 is 0 Å². The van der Waals surface area contributed by atoms with Gasteiger partial charge < -0.3 is 15.2 Å². The summed E-state index contributed by atoms with van der Waals surface area (Å²) in [5.41, 5.74) is 5.58. The van der Waals surface area contributed by atoms with Gasteiger partial charge in [-0.3, -0.25) is 4.79 Å². The van der Waals surface area contributed by atoms with Crippen molar-refractivity contribution < 1.29 is 14.3 Å². The molecule has 3 unspecified atom stereocenters. The molecule has 0 aliphatic heterocycles. The lowest BCUT2D eigenvalue weighted by atomic mass is 9.89. The molecular formula is C11H21NO3. The Morgan fingerprint density at radius 3 is 2.87 bits per heavy atom. The van der Waals surface area contributed by atoms with Crippen LogP contribution in [-0.4, -0.2) is 31.8 Å². The van der Waals surface area contributed by atoms with Gasteiger partial charge in [0.1, 0.15) is 12.1 Å². The number of methoxy groups -OCH3 is 1. The molecule has 1 aliphatic carbocycles. The number of esters is 1. The number of carbonyl (C=O) groups is 1. The molecule has 1 aliphatic rings. The van der Waals surface area contributed by atoms with Crippen molar-refractivity contribution in [2.45, 2.75) is 44.8 Å². The minimum atomic E-state index is -0.646. The first-order valence-electron chi connectivity index (χ1n) is 5.58. The number of hydrogen-bond acceptors (Lipinski definition) is 4. The van der Waals surface area contributed by atoms with Gasteiger partial charge in [-0.1, -0.05) is 13.3 Å². The molecule has 0 bridgehead atoms. The van der Waals surface area contributed by atoms with E-state index in [4.69, 9.17) is 15.2 Å². The Hall–Kier alpha value is -0.610. The molecule has 0 aromatic heterocycles. The molecule has 0 spiro atoms. The second kappa shape index (κ2) is 6.08. The molecule has 2 N–H and O–H groups in total. The number of nitrogens with two attached hydrogens (primary N) is 1. The van der Waals surface area contributed by atoms with E-state index in [1.807, 2.05) is 0 Å². The topological polar surface area (TPSA) is 61.5 Å². The molecule has 1 saturated carbocycles. The van der Waals surface area contributed by atoms with Crippen LogP contribution in [0.4, 0.5) is 0 Å². The van der Waals surface area contributed by atoms with Crippen LogP contribution in [0.3, 0.4) is 0 Å². The van der Waals surface area contributed by atoms with E-state index in [0.717, 1.165) is 19.3 Å². The normalized spacial score (nSPS) is 28.5. The molecule has 4 heteroatoms. The van der Waals surface area contributed by atoms with Crippen molar-refractivity contribution in [2.24, 2.45) is 11.7 Å². The molecule has 1 fully saturated rings. The maximum atomic E-state index is 11.5. The van der Waals surface area contributed by atoms with E-state index >= 15 is 0 Å². The zero-order valence-corrected chi connectivity index (χ0v) is 9.57. The molecule has 88 valence electrons. The molecule has 0 aromatic carbocycles. The molecule has 0 amide bonds. The fourth-order valence-electron chi connectivity index (χ4n) is 1.98. The summed E-state index contributed by atoms with van der Waals surface area (Å²) >= 11 is 0. The molecular weight excluding hydrogens is 194 g/mol. The van der Waals surface area contributed by atoms with Crippen molar-refractivity contribution in [1.82, 2.24) is 0 Å². The highest BCUT2D eigenvalue weighted by Crippen LogP contribution is 2.25. The second-order valence-corrected chi connectivity index (χ2v) is 4.39. The third kappa shape index (κ3) is 4.18. The summed E-state index contributed by atoms with van der Waals surface area (Å²) in [5, 5.41) is 0. The van der Waals surface area contributed by atoms with Gasteiger partial charge in [0, 0.05) is 7.11 Å². The van der Waals surface area contributed by atoms with Gasteiger partial charge in [0.05, 0.1) is 6.61 Å². The van der Waals surface area contributed by atoms with Crippen LogP contribution < -0.4 is 5.73 Å². The van der Waals surface area contributed by atoms with Crippen molar-refractivity contribution in [3.63, 3.8) is 0 Å². The first kappa shape index (κ1) is 12.5. The van der Waals surface area contributed by atoms with Crippen molar-refractivity contribution in [3.8, 4) is 0 Å². The van der Waals surface area contributed by atoms with Gasteiger partial charge in [0.25, 0.3) is 0 Å². The zero-order valence-electron chi connectivity index (χ0n) is 9.57. The quantitative estimate of drug-likeness (QED) is 0.713. The highest BCUT2D eigenvalue weighted by Gasteiger charge is 2.24. The highest BCUT2D eigenvalue weighted by molar-refractivity contribution is 5.75. The monoisotopic (exact) mass is 215 g/mol. The Bertz CT molecular complexity index is 208. The lowest BCUT2D eigenvalue weighted by Crippen LogP contribution is -2.39. The van der Waals surface area contributed by atoms with E-state index in [1.165, 1.54) is 13.5 Å². The van der Waals surface area contributed by atoms with Crippen LogP contribution in [0.2, 0.25) is 0 Å². The van der Waals surface area contributed by atoms with E-state index in [1.54, 1.807) is 0 Å². The Morgan fingerprint density at radius 1 is 1.53 bits per heavy atom. The molecule has 3 atom stereocenters. The Morgan fingerprint density at radius 2 is 2.27 bits per heavy atom. The van der Waals surface area contributed by atoms with E-state index < -0.39 is 6.04 Å². The smallest absolute Gasteiger partial charge is 0.325 e. The average Bonchev–Trinajstić information content (AvgIpc) is 2.18. The third-order valence-corrected chi connectivity index (χ3v) is 2.82. The lowest BCUT2D eigenvalue weighted by Gasteiger charge is -2.27. The van der Waals surface area contributed by atoms with Crippen LogP contribution in [-0.2, 0) is 14.3 Å². The summed E-state index contributed by atoms with van der Waals surface area (Å²) in [6.07, 6.45) is 4.36.